The molecule has 3 heteroatoms. The minimum Gasteiger partial charge on any atom is -0.377 e. The van der Waals surface area contributed by atoms with E-state index in [1.54, 1.807) is 0 Å². The van der Waals surface area contributed by atoms with Gasteiger partial charge in [0.2, 0.25) is 5.91 Å². The first-order chi connectivity index (χ1) is 11.3. The van der Waals surface area contributed by atoms with Crippen molar-refractivity contribution in [2.24, 2.45) is 5.92 Å². The lowest BCUT2D eigenvalue weighted by molar-refractivity contribution is -0.118. The molecule has 0 unspecified atom stereocenters. The van der Waals surface area contributed by atoms with Gasteiger partial charge in [0.1, 0.15) is 0 Å². The van der Waals surface area contributed by atoms with E-state index >= 15 is 0 Å². The fraction of sp³-hybridized carbons (Fsp3) is 0.350. The minimum atomic E-state index is -0.0493. The van der Waals surface area contributed by atoms with Gasteiger partial charge in [-0.3, -0.25) is 4.79 Å². The van der Waals surface area contributed by atoms with Crippen molar-refractivity contribution in [2.75, 3.05) is 11.9 Å². The van der Waals surface area contributed by atoms with Crippen LogP contribution in [0.25, 0.3) is 0 Å². The van der Waals surface area contributed by atoms with E-state index in [1.807, 2.05) is 61.5 Å². The summed E-state index contributed by atoms with van der Waals surface area (Å²) in [5, 5.41) is 3.08. The van der Waals surface area contributed by atoms with Gasteiger partial charge in [-0.2, -0.15) is 0 Å². The zero-order chi connectivity index (χ0) is 16.1. The van der Waals surface area contributed by atoms with Crippen molar-refractivity contribution in [3.63, 3.8) is 0 Å². The van der Waals surface area contributed by atoms with Crippen molar-refractivity contribution < 1.29 is 9.53 Å². The molecule has 1 fully saturated rings. The molecule has 0 radical (unpaired) electrons. The Morgan fingerprint density at radius 1 is 1.17 bits per heavy atom. The van der Waals surface area contributed by atoms with Crippen LogP contribution in [0.3, 0.4) is 0 Å². The molecule has 0 saturated heterocycles. The Kier molecular flexibility index (Phi) is 5.09. The molecule has 0 aliphatic heterocycles. The average Bonchev–Trinajstić information content (AvgIpc) is 3.39. The molecule has 120 valence electrons. The second-order valence-electron chi connectivity index (χ2n) is 6.05. The van der Waals surface area contributed by atoms with E-state index in [-0.39, 0.29) is 11.8 Å². The monoisotopic (exact) mass is 309 g/mol. The van der Waals surface area contributed by atoms with Crippen LogP contribution in [-0.4, -0.2) is 12.5 Å². The van der Waals surface area contributed by atoms with Gasteiger partial charge in [-0.05, 0) is 48.9 Å². The zero-order valence-electron chi connectivity index (χ0n) is 13.5. The third-order valence-corrected chi connectivity index (χ3v) is 4.20. The molecule has 1 N–H and O–H groups in total. The second-order valence-corrected chi connectivity index (χ2v) is 6.05. The van der Waals surface area contributed by atoms with Crippen molar-refractivity contribution >= 4 is 11.6 Å². The third-order valence-electron chi connectivity index (χ3n) is 4.20. The predicted octanol–water partition coefficient (Wildman–Crippen LogP) is 4.36. The Morgan fingerprint density at radius 3 is 2.65 bits per heavy atom. The van der Waals surface area contributed by atoms with Crippen molar-refractivity contribution in [2.45, 2.75) is 32.3 Å². The van der Waals surface area contributed by atoms with Gasteiger partial charge >= 0.3 is 0 Å². The third kappa shape index (κ3) is 4.20. The highest BCUT2D eigenvalue weighted by Gasteiger charge is 2.37. The second kappa shape index (κ2) is 7.42. The molecular weight excluding hydrogens is 286 g/mol. The molecule has 1 amide bonds. The first-order valence-corrected chi connectivity index (χ1v) is 8.30. The number of hydrogen-bond acceptors (Lipinski definition) is 2. The number of amides is 1. The van der Waals surface area contributed by atoms with Crippen LogP contribution in [0.5, 0.6) is 0 Å². The number of carbonyl (C=O) groups excluding carboxylic acids is 1. The zero-order valence-corrected chi connectivity index (χ0v) is 13.5. The Morgan fingerprint density at radius 2 is 1.96 bits per heavy atom. The molecular formula is C20H23NO2. The van der Waals surface area contributed by atoms with Crippen LogP contribution < -0.4 is 5.32 Å². The molecule has 0 bridgehead atoms. The van der Waals surface area contributed by atoms with Crippen molar-refractivity contribution in [3.05, 3.63) is 65.7 Å². The molecule has 1 aliphatic carbocycles. The van der Waals surface area contributed by atoms with E-state index in [0.29, 0.717) is 19.1 Å². The Bertz CT molecular complexity index is 650. The topological polar surface area (TPSA) is 38.3 Å². The van der Waals surface area contributed by atoms with Crippen LogP contribution in [0, 0.1) is 5.92 Å². The van der Waals surface area contributed by atoms with E-state index in [1.165, 1.54) is 0 Å². The summed E-state index contributed by atoms with van der Waals surface area (Å²) < 4.78 is 5.43. The van der Waals surface area contributed by atoms with Gasteiger partial charge in [-0.1, -0.05) is 42.5 Å². The normalized spacial score (nSPS) is 15.2. The molecule has 1 aliphatic rings. The van der Waals surface area contributed by atoms with Crippen LogP contribution in [-0.2, 0) is 16.1 Å². The summed E-state index contributed by atoms with van der Waals surface area (Å²) in [6.45, 7) is 3.24. The van der Waals surface area contributed by atoms with Gasteiger partial charge < -0.3 is 10.1 Å². The number of carbonyl (C=O) groups is 1. The lowest BCUT2D eigenvalue weighted by atomic mass is 9.93. The van der Waals surface area contributed by atoms with Crippen LogP contribution in [0.15, 0.2) is 54.6 Å². The maximum Gasteiger partial charge on any atom is 0.232 e. The number of ether oxygens (including phenoxy) is 1. The SMILES string of the molecule is CCOCc1cccc(NC(=O)[C@@H](c2ccccc2)C2CC2)c1. The molecule has 3 rings (SSSR count). The smallest absolute Gasteiger partial charge is 0.232 e. The highest BCUT2D eigenvalue weighted by atomic mass is 16.5. The molecule has 2 aromatic rings. The molecule has 1 atom stereocenters. The van der Waals surface area contributed by atoms with Gasteiger partial charge in [0.05, 0.1) is 12.5 Å². The number of rotatable bonds is 7. The number of hydrogen-bond donors (Lipinski definition) is 1. The molecule has 1 saturated carbocycles. The molecule has 0 aromatic heterocycles. The predicted molar refractivity (Wildman–Crippen MR) is 92.3 cm³/mol. The van der Waals surface area contributed by atoms with E-state index in [0.717, 1.165) is 29.7 Å². The molecule has 0 spiro atoms. The van der Waals surface area contributed by atoms with Gasteiger partial charge in [0, 0.05) is 12.3 Å². The summed E-state index contributed by atoms with van der Waals surface area (Å²) >= 11 is 0. The van der Waals surface area contributed by atoms with Crippen molar-refractivity contribution in [3.8, 4) is 0 Å². The number of benzene rings is 2. The largest absolute Gasteiger partial charge is 0.377 e. The van der Waals surface area contributed by atoms with Gasteiger partial charge in [-0.25, -0.2) is 0 Å². The van der Waals surface area contributed by atoms with Crippen LogP contribution in [0.2, 0.25) is 0 Å². The molecule has 2 aromatic carbocycles. The van der Waals surface area contributed by atoms with Crippen LogP contribution >= 0.6 is 0 Å². The standard InChI is InChI=1S/C20H23NO2/c1-2-23-14-15-7-6-10-18(13-15)21-20(22)19(17-11-12-17)16-8-4-3-5-9-16/h3-10,13,17,19H,2,11-12,14H2,1H3,(H,21,22)/t19-/m0/s1. The van der Waals surface area contributed by atoms with Gasteiger partial charge in [0.25, 0.3) is 0 Å². The first kappa shape index (κ1) is 15.8. The highest BCUT2D eigenvalue weighted by Crippen LogP contribution is 2.43. The van der Waals surface area contributed by atoms with Crippen LogP contribution in [0.1, 0.15) is 36.8 Å². The molecule has 23 heavy (non-hydrogen) atoms. The Balaban J connectivity index is 1.72. The first-order valence-electron chi connectivity index (χ1n) is 8.30. The average molecular weight is 309 g/mol. The summed E-state index contributed by atoms with van der Waals surface area (Å²) in [5.41, 5.74) is 3.03. The maximum atomic E-state index is 12.8. The summed E-state index contributed by atoms with van der Waals surface area (Å²) in [6, 6.07) is 18.0. The van der Waals surface area contributed by atoms with Crippen LogP contribution in [0.4, 0.5) is 5.69 Å². The van der Waals surface area contributed by atoms with Gasteiger partial charge in [0.15, 0.2) is 0 Å². The van der Waals surface area contributed by atoms with E-state index < -0.39 is 0 Å². The van der Waals surface area contributed by atoms with E-state index in [2.05, 4.69) is 5.32 Å². The number of nitrogens with one attached hydrogen (secondary N) is 1. The molecule has 0 heterocycles. The summed E-state index contributed by atoms with van der Waals surface area (Å²) in [6.07, 6.45) is 2.27. The Labute approximate surface area is 137 Å². The maximum absolute atomic E-state index is 12.8. The molecule has 3 nitrogen and oxygen atoms in total. The minimum absolute atomic E-state index is 0.0493. The fourth-order valence-electron chi connectivity index (χ4n) is 2.91. The lowest BCUT2D eigenvalue weighted by Gasteiger charge is -2.17. The number of anilines is 1. The fourth-order valence-corrected chi connectivity index (χ4v) is 2.91. The lowest BCUT2D eigenvalue weighted by Crippen LogP contribution is -2.22. The summed E-state index contributed by atoms with van der Waals surface area (Å²) in [5.74, 6) is 0.517. The summed E-state index contributed by atoms with van der Waals surface area (Å²) in [7, 11) is 0. The quantitative estimate of drug-likeness (QED) is 0.825. The van der Waals surface area contributed by atoms with Gasteiger partial charge in [-0.15, -0.1) is 0 Å². The van der Waals surface area contributed by atoms with Crippen molar-refractivity contribution in [1.82, 2.24) is 0 Å². The van der Waals surface area contributed by atoms with E-state index in [4.69, 9.17) is 4.74 Å². The van der Waals surface area contributed by atoms with Crippen molar-refractivity contribution in [1.29, 1.82) is 0 Å². The highest BCUT2D eigenvalue weighted by molar-refractivity contribution is 5.96. The van der Waals surface area contributed by atoms with E-state index in [9.17, 15) is 4.79 Å². The Hall–Kier alpha value is -2.13. The summed E-state index contributed by atoms with van der Waals surface area (Å²) in [4.78, 5) is 12.8.